The van der Waals surface area contributed by atoms with Crippen LogP contribution in [0.5, 0.6) is 0 Å². The molecule has 3 nitrogen and oxygen atoms in total. The highest BCUT2D eigenvalue weighted by molar-refractivity contribution is 5.95. The summed E-state index contributed by atoms with van der Waals surface area (Å²) in [6.07, 6.45) is -4.15. The van der Waals surface area contributed by atoms with Crippen molar-refractivity contribution in [3.8, 4) is 11.1 Å². The summed E-state index contributed by atoms with van der Waals surface area (Å²) in [5.74, 6) is -0.254. The molecule has 0 spiro atoms. The van der Waals surface area contributed by atoms with Crippen LogP contribution < -0.4 is 0 Å². The van der Waals surface area contributed by atoms with Crippen molar-refractivity contribution < 1.29 is 22.8 Å². The molecule has 0 unspecified atom stereocenters. The van der Waals surface area contributed by atoms with Gasteiger partial charge in [0.2, 0.25) is 0 Å². The molecule has 0 fully saturated rings. The van der Waals surface area contributed by atoms with Crippen LogP contribution in [-0.4, -0.2) is 31.2 Å². The van der Waals surface area contributed by atoms with E-state index >= 15 is 0 Å². The van der Waals surface area contributed by atoms with E-state index in [0.717, 1.165) is 6.07 Å². The van der Waals surface area contributed by atoms with Crippen molar-refractivity contribution in [2.75, 3.05) is 14.1 Å². The van der Waals surface area contributed by atoms with Gasteiger partial charge in [0.25, 0.3) is 5.91 Å². The number of rotatable bonds is 3. The number of carbonyl (C=O) groups excluding carboxylic acids is 2. The summed E-state index contributed by atoms with van der Waals surface area (Å²) in [4.78, 5) is 24.5. The molecular weight excluding hydrogens is 319 g/mol. The van der Waals surface area contributed by atoms with E-state index in [1.54, 1.807) is 32.3 Å². The largest absolute Gasteiger partial charge is 0.416 e. The minimum atomic E-state index is -4.56. The first-order valence-electron chi connectivity index (χ1n) is 7.14. The third kappa shape index (κ3) is 3.48. The Kier molecular flexibility index (Phi) is 4.78. The fourth-order valence-corrected chi connectivity index (χ4v) is 2.41. The van der Waals surface area contributed by atoms with Gasteiger partial charge < -0.3 is 4.90 Å². The normalized spacial score (nSPS) is 11.2. The first-order valence-corrected chi connectivity index (χ1v) is 7.14. The first-order chi connectivity index (χ1) is 11.1. The average Bonchev–Trinajstić information content (AvgIpc) is 2.53. The van der Waals surface area contributed by atoms with Crippen LogP contribution in [0.3, 0.4) is 0 Å². The maximum absolute atomic E-state index is 13.2. The molecule has 0 radical (unpaired) electrons. The van der Waals surface area contributed by atoms with Gasteiger partial charge in [-0.05, 0) is 47.9 Å². The fraction of sp³-hybridized carbons (Fsp3) is 0.222. The summed E-state index contributed by atoms with van der Waals surface area (Å²) in [6.45, 7) is 1.27. The van der Waals surface area contributed by atoms with Crippen LogP contribution in [0, 0.1) is 6.92 Å². The monoisotopic (exact) mass is 335 g/mol. The zero-order valence-electron chi connectivity index (χ0n) is 13.4. The lowest BCUT2D eigenvalue weighted by Gasteiger charge is -2.15. The third-order valence-electron chi connectivity index (χ3n) is 3.73. The number of carbonyl (C=O) groups is 2. The lowest BCUT2D eigenvalue weighted by atomic mass is 9.94. The SMILES string of the molecule is Cc1c(C=O)cc(-c2cccc(C(=O)N(C)C)c2)cc1C(F)(F)F. The molecule has 0 N–H and O–H groups in total. The Bertz CT molecular complexity index is 795. The first kappa shape index (κ1) is 17.7. The summed E-state index contributed by atoms with van der Waals surface area (Å²) in [6, 6.07) is 8.71. The smallest absolute Gasteiger partial charge is 0.345 e. The maximum Gasteiger partial charge on any atom is 0.416 e. The minimum absolute atomic E-state index is 0.0239. The van der Waals surface area contributed by atoms with E-state index in [4.69, 9.17) is 0 Å². The number of benzene rings is 2. The van der Waals surface area contributed by atoms with Gasteiger partial charge in [-0.2, -0.15) is 13.2 Å². The molecule has 1 amide bonds. The molecule has 0 heterocycles. The summed E-state index contributed by atoms with van der Waals surface area (Å²) < 4.78 is 39.6. The minimum Gasteiger partial charge on any atom is -0.345 e. The van der Waals surface area contributed by atoms with Crippen LogP contribution in [0.2, 0.25) is 0 Å². The lowest BCUT2D eigenvalue weighted by Crippen LogP contribution is -2.21. The molecule has 2 aromatic rings. The van der Waals surface area contributed by atoms with Crippen molar-refractivity contribution in [1.82, 2.24) is 4.90 Å². The highest BCUT2D eigenvalue weighted by Gasteiger charge is 2.33. The molecule has 6 heteroatoms. The second kappa shape index (κ2) is 6.47. The zero-order valence-corrected chi connectivity index (χ0v) is 13.4. The van der Waals surface area contributed by atoms with Crippen molar-refractivity contribution in [2.24, 2.45) is 0 Å². The zero-order chi connectivity index (χ0) is 18.1. The van der Waals surface area contributed by atoms with E-state index in [9.17, 15) is 22.8 Å². The topological polar surface area (TPSA) is 37.4 Å². The second-order valence-corrected chi connectivity index (χ2v) is 5.63. The highest BCUT2D eigenvalue weighted by Crippen LogP contribution is 2.36. The van der Waals surface area contributed by atoms with Crippen molar-refractivity contribution in [3.05, 3.63) is 58.7 Å². The van der Waals surface area contributed by atoms with Gasteiger partial charge in [-0.25, -0.2) is 0 Å². The Morgan fingerprint density at radius 3 is 2.29 bits per heavy atom. The van der Waals surface area contributed by atoms with Gasteiger partial charge in [-0.15, -0.1) is 0 Å². The van der Waals surface area contributed by atoms with Crippen LogP contribution in [0.4, 0.5) is 13.2 Å². The Labute approximate surface area is 137 Å². The average molecular weight is 335 g/mol. The number of halogens is 3. The van der Waals surface area contributed by atoms with Gasteiger partial charge in [-0.3, -0.25) is 9.59 Å². The molecule has 0 saturated carbocycles. The summed E-state index contributed by atoms with van der Waals surface area (Å²) in [7, 11) is 3.18. The molecule has 0 atom stereocenters. The van der Waals surface area contributed by atoms with Gasteiger partial charge in [0.15, 0.2) is 0 Å². The molecule has 0 aromatic heterocycles. The van der Waals surface area contributed by atoms with E-state index in [-0.39, 0.29) is 22.6 Å². The molecule has 2 rings (SSSR count). The number of hydrogen-bond donors (Lipinski definition) is 0. The molecule has 0 saturated heterocycles. The number of hydrogen-bond acceptors (Lipinski definition) is 2. The second-order valence-electron chi connectivity index (χ2n) is 5.63. The summed E-state index contributed by atoms with van der Waals surface area (Å²) in [5.41, 5.74) is 0.0522. The van der Waals surface area contributed by atoms with Gasteiger partial charge in [0.1, 0.15) is 6.29 Å². The Morgan fingerprint density at radius 2 is 1.75 bits per heavy atom. The molecule has 126 valence electrons. The highest BCUT2D eigenvalue weighted by atomic mass is 19.4. The number of amides is 1. The van der Waals surface area contributed by atoms with E-state index in [0.29, 0.717) is 17.4 Å². The van der Waals surface area contributed by atoms with Gasteiger partial charge in [0.05, 0.1) is 5.56 Å². The molecule has 24 heavy (non-hydrogen) atoms. The van der Waals surface area contributed by atoms with E-state index in [1.165, 1.54) is 24.0 Å². The molecule has 0 aliphatic heterocycles. The quantitative estimate of drug-likeness (QED) is 0.789. The molecular formula is C18H16F3NO2. The van der Waals surface area contributed by atoms with Crippen molar-refractivity contribution in [2.45, 2.75) is 13.1 Å². The molecule has 0 aliphatic rings. The fourth-order valence-electron chi connectivity index (χ4n) is 2.41. The van der Waals surface area contributed by atoms with Crippen LogP contribution >= 0.6 is 0 Å². The molecule has 0 bridgehead atoms. The number of aldehydes is 1. The van der Waals surface area contributed by atoms with Crippen molar-refractivity contribution >= 4 is 12.2 Å². The van der Waals surface area contributed by atoms with E-state index in [2.05, 4.69) is 0 Å². The van der Waals surface area contributed by atoms with E-state index < -0.39 is 11.7 Å². The predicted octanol–water partition coefficient (Wildman–Crippen LogP) is 4.20. The molecule has 2 aromatic carbocycles. The molecule has 0 aliphatic carbocycles. The Hall–Kier alpha value is -2.63. The van der Waals surface area contributed by atoms with Crippen LogP contribution in [0.1, 0.15) is 31.8 Å². The maximum atomic E-state index is 13.2. The predicted molar refractivity (Wildman–Crippen MR) is 85.0 cm³/mol. The van der Waals surface area contributed by atoms with Gasteiger partial charge >= 0.3 is 6.18 Å². The van der Waals surface area contributed by atoms with Crippen molar-refractivity contribution in [3.63, 3.8) is 0 Å². The number of nitrogens with zero attached hydrogens (tertiary/aromatic N) is 1. The number of alkyl halides is 3. The van der Waals surface area contributed by atoms with Crippen LogP contribution in [0.25, 0.3) is 11.1 Å². The third-order valence-corrected chi connectivity index (χ3v) is 3.73. The Balaban J connectivity index is 2.63. The summed E-state index contributed by atoms with van der Waals surface area (Å²) >= 11 is 0. The van der Waals surface area contributed by atoms with Gasteiger partial charge in [0, 0.05) is 25.2 Å². The lowest BCUT2D eigenvalue weighted by molar-refractivity contribution is -0.138. The summed E-state index contributed by atoms with van der Waals surface area (Å²) in [5, 5.41) is 0. The Morgan fingerprint density at radius 1 is 1.08 bits per heavy atom. The van der Waals surface area contributed by atoms with Crippen LogP contribution in [0.15, 0.2) is 36.4 Å². The standard InChI is InChI=1S/C18H16F3NO2/c1-11-15(10-23)8-14(9-16(11)18(19,20)21)12-5-4-6-13(7-12)17(24)22(2)3/h4-10H,1-3H3. The van der Waals surface area contributed by atoms with E-state index in [1.807, 2.05) is 0 Å². The van der Waals surface area contributed by atoms with Crippen molar-refractivity contribution in [1.29, 1.82) is 0 Å². The van der Waals surface area contributed by atoms with Gasteiger partial charge in [-0.1, -0.05) is 12.1 Å². The van der Waals surface area contributed by atoms with Crippen LogP contribution in [-0.2, 0) is 6.18 Å².